The first kappa shape index (κ1) is 34.0. The highest BCUT2D eigenvalue weighted by atomic mass is 79.9. The Hall–Kier alpha value is -2.91. The number of aryl methyl sites for hydroxylation is 2. The number of benzene rings is 4. The maximum absolute atomic E-state index is 14.1. The number of ether oxygens (including phenoxy) is 2. The lowest BCUT2D eigenvalue weighted by molar-refractivity contribution is -0.938. The molecule has 0 aliphatic carbocycles. The second kappa shape index (κ2) is 14.9. The maximum Gasteiger partial charge on any atom is 0.243 e. The van der Waals surface area contributed by atoms with Crippen LogP contribution < -0.4 is 26.5 Å². The van der Waals surface area contributed by atoms with E-state index in [4.69, 9.17) is 9.47 Å². The van der Waals surface area contributed by atoms with Crippen molar-refractivity contribution in [2.24, 2.45) is 0 Å². The molecule has 1 aliphatic rings. The number of unbranched alkanes of at least 4 members (excludes halogenated alkanes) is 1. The molecule has 0 saturated heterocycles. The first-order chi connectivity index (χ1) is 20.7. The highest BCUT2D eigenvalue weighted by Crippen LogP contribution is 2.32. The average Bonchev–Trinajstić information content (AvgIpc) is 3.01. The van der Waals surface area contributed by atoms with E-state index in [1.165, 1.54) is 16.7 Å². The van der Waals surface area contributed by atoms with Crippen LogP contribution in [0.2, 0.25) is 0 Å². The zero-order valence-corrected chi connectivity index (χ0v) is 28.8. The van der Waals surface area contributed by atoms with Crippen molar-refractivity contribution in [3.8, 4) is 11.5 Å². The molecule has 0 fully saturated rings. The zero-order valence-electron chi connectivity index (χ0n) is 26.4. The monoisotopic (exact) mass is 680 g/mol. The highest BCUT2D eigenvalue weighted by Gasteiger charge is 2.27. The van der Waals surface area contributed by atoms with Crippen LogP contribution in [0.5, 0.6) is 11.5 Å². The number of hydrogen-bond acceptors (Lipinski definition) is 4. The van der Waals surface area contributed by atoms with E-state index < -0.39 is 10.0 Å². The van der Waals surface area contributed by atoms with Gasteiger partial charge in [0, 0.05) is 18.7 Å². The molecule has 4 aromatic carbocycles. The van der Waals surface area contributed by atoms with Gasteiger partial charge in [-0.2, -0.15) is 4.31 Å². The van der Waals surface area contributed by atoms with Crippen LogP contribution in [0.15, 0.2) is 83.8 Å². The second-order valence-electron chi connectivity index (χ2n) is 11.9. The lowest BCUT2D eigenvalue weighted by Gasteiger charge is -2.37. The van der Waals surface area contributed by atoms with Gasteiger partial charge in [0.2, 0.25) is 10.0 Å². The van der Waals surface area contributed by atoms with Crippen LogP contribution in [0.1, 0.15) is 48.9 Å². The van der Waals surface area contributed by atoms with Gasteiger partial charge in [0.05, 0.1) is 24.5 Å². The number of sulfonamides is 1. The van der Waals surface area contributed by atoms with Gasteiger partial charge in [-0.15, -0.1) is 0 Å². The first-order valence-corrected chi connectivity index (χ1v) is 16.9. The van der Waals surface area contributed by atoms with Gasteiger partial charge in [0.1, 0.15) is 19.8 Å². The van der Waals surface area contributed by atoms with Crippen LogP contribution in [0, 0.1) is 13.8 Å². The smallest absolute Gasteiger partial charge is 0.243 e. The van der Waals surface area contributed by atoms with Crippen molar-refractivity contribution in [2.75, 3.05) is 39.4 Å². The quantitative estimate of drug-likeness (QED) is 0.157. The van der Waals surface area contributed by atoms with E-state index in [0.717, 1.165) is 59.8 Å². The number of fused-ring (bicyclic) bond motifs is 2. The van der Waals surface area contributed by atoms with Crippen molar-refractivity contribution in [1.29, 1.82) is 0 Å². The van der Waals surface area contributed by atoms with Gasteiger partial charge in [0.25, 0.3) is 0 Å². The summed E-state index contributed by atoms with van der Waals surface area (Å²) in [6, 6.07) is 25.9. The molecule has 5 rings (SSSR count). The topological polar surface area (TPSA) is 55.8 Å². The molecule has 236 valence electrons. The normalized spacial score (nSPS) is 13.2. The van der Waals surface area contributed by atoms with E-state index in [1.54, 1.807) is 16.4 Å². The predicted molar refractivity (Wildman–Crippen MR) is 174 cm³/mol. The Bertz CT molecular complexity index is 1650. The zero-order chi connectivity index (χ0) is 30.5. The lowest BCUT2D eigenvalue weighted by Crippen LogP contribution is -3.00. The van der Waals surface area contributed by atoms with Gasteiger partial charge in [-0.05, 0) is 81.1 Å². The van der Waals surface area contributed by atoms with Gasteiger partial charge in [-0.25, -0.2) is 8.42 Å². The Morgan fingerprint density at radius 3 is 2.14 bits per heavy atom. The summed E-state index contributed by atoms with van der Waals surface area (Å²) in [5.41, 5.74) is 4.86. The molecule has 8 heteroatoms. The van der Waals surface area contributed by atoms with Crippen molar-refractivity contribution < 1.29 is 39.4 Å². The minimum absolute atomic E-state index is 0. The molecular weight excluding hydrogens is 636 g/mol. The largest absolute Gasteiger partial charge is 1.00 e. The summed E-state index contributed by atoms with van der Waals surface area (Å²) in [6.45, 7) is 14.7. The van der Waals surface area contributed by atoms with Gasteiger partial charge in [0.15, 0.2) is 11.5 Å². The van der Waals surface area contributed by atoms with Crippen molar-refractivity contribution in [1.82, 2.24) is 4.31 Å². The molecule has 0 atom stereocenters. The van der Waals surface area contributed by atoms with Crippen LogP contribution >= 0.6 is 0 Å². The van der Waals surface area contributed by atoms with Crippen LogP contribution in [0.3, 0.4) is 0 Å². The van der Waals surface area contributed by atoms with Gasteiger partial charge < -0.3 is 30.9 Å². The molecule has 44 heavy (non-hydrogen) atoms. The van der Waals surface area contributed by atoms with Gasteiger partial charge in [-0.3, -0.25) is 0 Å². The standard InChI is InChI=1S/C36H45N2O4S.BrH/c1-5-38(6-2,27-31-22-28(3)21-29(4)23-31)18-10-9-17-37(26-30-13-16-35-36(24-30)42-20-19-41-35)43(39,40)34-15-14-32-11-7-8-12-33(32)25-34;/h7-8,11-16,21-25H,5-6,9-10,17-20,26-27H2,1-4H3;1H/q+1;/p-1. The van der Waals surface area contributed by atoms with Crippen molar-refractivity contribution in [3.63, 3.8) is 0 Å². The predicted octanol–water partition coefficient (Wildman–Crippen LogP) is 4.26. The Morgan fingerprint density at radius 1 is 0.750 bits per heavy atom. The minimum Gasteiger partial charge on any atom is -1.00 e. The van der Waals surface area contributed by atoms with Crippen molar-refractivity contribution in [2.45, 2.75) is 58.5 Å². The Morgan fingerprint density at radius 2 is 1.43 bits per heavy atom. The third-order valence-electron chi connectivity index (χ3n) is 8.76. The summed E-state index contributed by atoms with van der Waals surface area (Å²) in [7, 11) is -3.74. The number of nitrogens with zero attached hydrogens (tertiary/aromatic N) is 2. The number of hydrogen-bond donors (Lipinski definition) is 0. The molecule has 4 aromatic rings. The summed E-state index contributed by atoms with van der Waals surface area (Å²) >= 11 is 0. The number of quaternary nitrogens is 1. The summed E-state index contributed by atoms with van der Waals surface area (Å²) in [5, 5.41) is 1.94. The third-order valence-corrected chi connectivity index (χ3v) is 10.6. The Kier molecular flexibility index (Phi) is 11.5. The molecule has 0 radical (unpaired) electrons. The highest BCUT2D eigenvalue weighted by molar-refractivity contribution is 7.89. The van der Waals surface area contributed by atoms with E-state index in [0.29, 0.717) is 36.2 Å². The van der Waals surface area contributed by atoms with E-state index in [1.807, 2.05) is 48.5 Å². The molecule has 0 unspecified atom stereocenters. The molecule has 1 aliphatic heterocycles. The van der Waals surface area contributed by atoms with Crippen LogP contribution in [0.25, 0.3) is 10.8 Å². The summed E-state index contributed by atoms with van der Waals surface area (Å²) in [6.07, 6.45) is 1.72. The second-order valence-corrected chi connectivity index (χ2v) is 13.8. The lowest BCUT2D eigenvalue weighted by atomic mass is 10.1. The van der Waals surface area contributed by atoms with Crippen molar-refractivity contribution >= 4 is 20.8 Å². The molecule has 0 aromatic heterocycles. The van der Waals surface area contributed by atoms with E-state index in [-0.39, 0.29) is 23.5 Å². The molecule has 0 spiro atoms. The summed E-state index contributed by atoms with van der Waals surface area (Å²) < 4.78 is 42.4. The van der Waals surface area contributed by atoms with Gasteiger partial charge in [-0.1, -0.05) is 65.7 Å². The Balaban J connectivity index is 0.00000442. The summed E-state index contributed by atoms with van der Waals surface area (Å²) in [5.74, 6) is 1.38. The molecule has 6 nitrogen and oxygen atoms in total. The molecule has 1 heterocycles. The SMILES string of the molecule is CC[N+](CC)(CCCCN(Cc1ccc2c(c1)OCCO2)S(=O)(=O)c1ccc2ccccc2c1)Cc1cc(C)cc(C)c1.[Br-]. The van der Waals surface area contributed by atoms with Gasteiger partial charge >= 0.3 is 0 Å². The van der Waals surface area contributed by atoms with Crippen LogP contribution in [-0.4, -0.2) is 56.6 Å². The van der Waals surface area contributed by atoms with Crippen LogP contribution in [-0.2, 0) is 23.1 Å². The molecule has 0 amide bonds. The van der Waals surface area contributed by atoms with E-state index >= 15 is 0 Å². The van der Waals surface area contributed by atoms with E-state index in [2.05, 4.69) is 45.9 Å². The number of halogens is 1. The fourth-order valence-corrected chi connectivity index (χ4v) is 7.78. The molecule has 0 N–H and O–H groups in total. The maximum atomic E-state index is 14.1. The molecule has 0 saturated carbocycles. The van der Waals surface area contributed by atoms with E-state index in [9.17, 15) is 8.42 Å². The Labute approximate surface area is 274 Å². The number of rotatable bonds is 13. The fourth-order valence-electron chi connectivity index (χ4n) is 6.28. The molecule has 0 bridgehead atoms. The fraction of sp³-hybridized carbons (Fsp3) is 0.389. The molecular formula is C36H45BrN2O4S. The third kappa shape index (κ3) is 8.02. The first-order valence-electron chi connectivity index (χ1n) is 15.5. The summed E-state index contributed by atoms with van der Waals surface area (Å²) in [4.78, 5) is 0.325. The van der Waals surface area contributed by atoms with Crippen molar-refractivity contribution in [3.05, 3.63) is 101 Å². The minimum atomic E-state index is -3.74. The average molecular weight is 682 g/mol. The van der Waals surface area contributed by atoms with Crippen LogP contribution in [0.4, 0.5) is 0 Å².